The maximum absolute atomic E-state index is 10.3. The van der Waals surface area contributed by atoms with E-state index in [0.29, 0.717) is 4.88 Å². The summed E-state index contributed by atoms with van der Waals surface area (Å²) in [6, 6.07) is 3.27. The Morgan fingerprint density at radius 1 is 1.31 bits per heavy atom. The van der Waals surface area contributed by atoms with Gasteiger partial charge in [-0.1, -0.05) is 6.07 Å². The van der Waals surface area contributed by atoms with Crippen molar-refractivity contribution in [2.45, 2.75) is 0 Å². The minimum absolute atomic E-state index is 0.531. The Labute approximate surface area is 77.8 Å². The molecule has 68 valence electrons. The lowest BCUT2D eigenvalue weighted by Crippen LogP contribution is -2.35. The van der Waals surface area contributed by atoms with Crippen molar-refractivity contribution in [3.8, 4) is 0 Å². The number of carbonyl (C=O) groups is 2. The summed E-state index contributed by atoms with van der Waals surface area (Å²) in [7, 11) is 0. The Morgan fingerprint density at radius 2 is 1.92 bits per heavy atom. The van der Waals surface area contributed by atoms with E-state index in [-0.39, 0.29) is 0 Å². The van der Waals surface area contributed by atoms with E-state index in [0.717, 1.165) is 6.08 Å². The standard InChI is InChI=1S/C8H6O4S/c9-7(10)6(8(11)12)4-5-2-1-3-13-5/h1-4H,(H,9,10)(H,11,12)/p-2. The molecule has 13 heavy (non-hydrogen) atoms. The van der Waals surface area contributed by atoms with E-state index < -0.39 is 17.5 Å². The fourth-order valence-corrected chi connectivity index (χ4v) is 1.37. The Morgan fingerprint density at radius 3 is 2.31 bits per heavy atom. The zero-order valence-corrected chi connectivity index (χ0v) is 7.17. The van der Waals surface area contributed by atoms with Gasteiger partial charge in [0, 0.05) is 10.5 Å². The lowest BCUT2D eigenvalue weighted by molar-refractivity contribution is -0.311. The molecule has 1 aromatic heterocycles. The number of carbonyl (C=O) groups excluding carboxylic acids is 2. The third kappa shape index (κ3) is 2.41. The molecule has 0 N–H and O–H groups in total. The summed E-state index contributed by atoms with van der Waals surface area (Å²) in [5.74, 6) is -3.48. The first-order valence-corrected chi connectivity index (χ1v) is 4.17. The third-order valence-corrected chi connectivity index (χ3v) is 2.09. The molecule has 0 unspecified atom stereocenters. The Balaban J connectivity index is 3.01. The van der Waals surface area contributed by atoms with Gasteiger partial charge < -0.3 is 19.8 Å². The maximum atomic E-state index is 10.3. The first kappa shape index (κ1) is 9.47. The molecule has 0 radical (unpaired) electrons. The molecule has 0 atom stereocenters. The van der Waals surface area contributed by atoms with Crippen LogP contribution in [0.15, 0.2) is 23.1 Å². The molecule has 0 aromatic carbocycles. The van der Waals surface area contributed by atoms with Gasteiger partial charge in [-0.15, -0.1) is 11.3 Å². The van der Waals surface area contributed by atoms with Crippen LogP contribution in [0.3, 0.4) is 0 Å². The SMILES string of the molecule is O=C([O-])C(=Cc1cccs1)C(=O)[O-]. The van der Waals surface area contributed by atoms with Crippen LogP contribution in [0.1, 0.15) is 4.88 Å². The van der Waals surface area contributed by atoms with E-state index in [1.165, 1.54) is 11.3 Å². The van der Waals surface area contributed by atoms with Crippen molar-refractivity contribution in [1.29, 1.82) is 0 Å². The Bertz CT molecular complexity index is 334. The maximum Gasteiger partial charge on any atom is 0.0734 e. The van der Waals surface area contributed by atoms with Crippen LogP contribution in [0.2, 0.25) is 0 Å². The minimum Gasteiger partial charge on any atom is -0.545 e. The highest BCUT2D eigenvalue weighted by molar-refractivity contribution is 7.10. The second-order valence-electron chi connectivity index (χ2n) is 2.15. The fraction of sp³-hybridized carbons (Fsp3) is 0. The number of carboxylic acid groups (broad SMARTS) is 2. The smallest absolute Gasteiger partial charge is 0.0734 e. The topological polar surface area (TPSA) is 80.3 Å². The summed E-state index contributed by atoms with van der Waals surface area (Å²) in [4.78, 5) is 21.1. The molecule has 0 aliphatic rings. The first-order valence-electron chi connectivity index (χ1n) is 3.29. The van der Waals surface area contributed by atoms with Crippen LogP contribution in [0.4, 0.5) is 0 Å². The van der Waals surface area contributed by atoms with Gasteiger partial charge in [-0.2, -0.15) is 0 Å². The van der Waals surface area contributed by atoms with Crippen molar-refractivity contribution in [3.05, 3.63) is 28.0 Å². The van der Waals surface area contributed by atoms with Gasteiger partial charge >= 0.3 is 0 Å². The zero-order valence-electron chi connectivity index (χ0n) is 6.35. The largest absolute Gasteiger partial charge is 0.545 e. The van der Waals surface area contributed by atoms with Crippen molar-refractivity contribution in [2.24, 2.45) is 0 Å². The van der Waals surface area contributed by atoms with Crippen LogP contribution in [0.5, 0.6) is 0 Å². The molecule has 0 bridgehead atoms. The minimum atomic E-state index is -1.74. The molecule has 0 saturated heterocycles. The highest BCUT2D eigenvalue weighted by Gasteiger charge is 1.99. The van der Waals surface area contributed by atoms with E-state index >= 15 is 0 Å². The van der Waals surface area contributed by atoms with Gasteiger partial charge in [-0.3, -0.25) is 0 Å². The molecule has 0 fully saturated rings. The van der Waals surface area contributed by atoms with Gasteiger partial charge in [0.15, 0.2) is 0 Å². The number of rotatable bonds is 3. The average molecular weight is 196 g/mol. The summed E-state index contributed by atoms with van der Waals surface area (Å²) >= 11 is 1.23. The van der Waals surface area contributed by atoms with Crippen LogP contribution in [-0.2, 0) is 9.59 Å². The molecule has 0 aliphatic carbocycles. The highest BCUT2D eigenvalue weighted by Crippen LogP contribution is 2.12. The monoisotopic (exact) mass is 196 g/mol. The van der Waals surface area contributed by atoms with Crippen molar-refractivity contribution in [3.63, 3.8) is 0 Å². The molecule has 1 rings (SSSR count). The van der Waals surface area contributed by atoms with Gasteiger partial charge in [-0.05, 0) is 17.5 Å². The first-order chi connectivity index (χ1) is 6.11. The molecular weight excluding hydrogens is 192 g/mol. The van der Waals surface area contributed by atoms with E-state index in [4.69, 9.17) is 0 Å². The Hall–Kier alpha value is -1.62. The summed E-state index contributed by atoms with van der Waals surface area (Å²) < 4.78 is 0. The molecular formula is C8H4O4S-2. The Kier molecular flexibility index (Phi) is 2.81. The second-order valence-corrected chi connectivity index (χ2v) is 3.13. The highest BCUT2D eigenvalue weighted by atomic mass is 32.1. The quantitative estimate of drug-likeness (QED) is 0.339. The molecule has 0 saturated carbocycles. The molecule has 0 aliphatic heterocycles. The van der Waals surface area contributed by atoms with Gasteiger partial charge in [-0.25, -0.2) is 0 Å². The number of aliphatic carboxylic acids is 2. The van der Waals surface area contributed by atoms with E-state index in [2.05, 4.69) is 0 Å². The van der Waals surface area contributed by atoms with Crippen LogP contribution in [0.25, 0.3) is 6.08 Å². The van der Waals surface area contributed by atoms with Gasteiger partial charge in [0.2, 0.25) is 0 Å². The average Bonchev–Trinajstić information content (AvgIpc) is 2.50. The molecule has 0 spiro atoms. The predicted octanol–water partition coefficient (Wildman–Crippen LogP) is -1.37. The molecule has 5 heteroatoms. The lowest BCUT2D eigenvalue weighted by atomic mass is 10.2. The van der Waals surface area contributed by atoms with E-state index in [9.17, 15) is 19.8 Å². The molecule has 1 heterocycles. The van der Waals surface area contributed by atoms with Gasteiger partial charge in [0.25, 0.3) is 0 Å². The summed E-state index contributed by atoms with van der Waals surface area (Å²) in [5.41, 5.74) is -0.845. The third-order valence-electron chi connectivity index (χ3n) is 1.27. The number of hydrogen-bond donors (Lipinski definition) is 0. The van der Waals surface area contributed by atoms with Crippen LogP contribution >= 0.6 is 11.3 Å². The zero-order chi connectivity index (χ0) is 9.84. The molecule has 0 amide bonds. The van der Waals surface area contributed by atoms with Crippen LogP contribution in [-0.4, -0.2) is 11.9 Å². The van der Waals surface area contributed by atoms with Gasteiger partial charge in [0.1, 0.15) is 0 Å². The molecule has 1 aromatic rings. The summed E-state index contributed by atoms with van der Waals surface area (Å²) in [5, 5.41) is 22.2. The van der Waals surface area contributed by atoms with Crippen LogP contribution in [0, 0.1) is 0 Å². The van der Waals surface area contributed by atoms with E-state index in [1.807, 2.05) is 0 Å². The lowest BCUT2D eigenvalue weighted by Gasteiger charge is -2.07. The second kappa shape index (κ2) is 3.86. The number of thiophene rings is 1. The number of hydrogen-bond acceptors (Lipinski definition) is 5. The fourth-order valence-electron chi connectivity index (χ4n) is 0.717. The van der Waals surface area contributed by atoms with Crippen molar-refractivity contribution in [1.82, 2.24) is 0 Å². The number of carboxylic acids is 2. The molecule has 4 nitrogen and oxygen atoms in total. The summed E-state index contributed by atoms with van der Waals surface area (Å²) in [6.07, 6.45) is 1.01. The van der Waals surface area contributed by atoms with E-state index in [1.54, 1.807) is 17.5 Å². The van der Waals surface area contributed by atoms with Gasteiger partial charge in [0.05, 0.1) is 11.9 Å². The van der Waals surface area contributed by atoms with Crippen LogP contribution < -0.4 is 10.2 Å². The van der Waals surface area contributed by atoms with Crippen molar-refractivity contribution in [2.75, 3.05) is 0 Å². The van der Waals surface area contributed by atoms with Crippen molar-refractivity contribution >= 4 is 29.4 Å². The normalized spacial score (nSPS) is 9.23. The van der Waals surface area contributed by atoms with Crippen molar-refractivity contribution < 1.29 is 19.8 Å². The predicted molar refractivity (Wildman–Crippen MR) is 42.3 cm³/mol. The summed E-state index contributed by atoms with van der Waals surface area (Å²) in [6.45, 7) is 0.